The highest BCUT2D eigenvalue weighted by molar-refractivity contribution is 7.91. The van der Waals surface area contributed by atoms with Crippen LogP contribution in [-0.4, -0.2) is 49.9 Å². The largest absolute Gasteiger partial charge is 0.481 e. The minimum atomic E-state index is -3.22. The molecule has 1 aromatic carbocycles. The van der Waals surface area contributed by atoms with Gasteiger partial charge in [-0.1, -0.05) is 6.92 Å². The molecule has 0 fully saturated rings. The van der Waals surface area contributed by atoms with Crippen LogP contribution in [0.3, 0.4) is 0 Å². The van der Waals surface area contributed by atoms with E-state index >= 15 is 0 Å². The van der Waals surface area contributed by atoms with E-state index in [1.807, 2.05) is 0 Å². The second-order valence-corrected chi connectivity index (χ2v) is 7.49. The Morgan fingerprint density at radius 1 is 1.30 bits per heavy atom. The third kappa shape index (κ3) is 5.78. The van der Waals surface area contributed by atoms with Crippen LogP contribution in [-0.2, 0) is 14.6 Å². The molecular formula is C15H21F2NO4S. The van der Waals surface area contributed by atoms with Gasteiger partial charge in [0.25, 0.3) is 5.91 Å². The van der Waals surface area contributed by atoms with E-state index in [0.29, 0.717) is 12.6 Å². The molecule has 0 spiro atoms. The first-order valence-electron chi connectivity index (χ1n) is 7.28. The summed E-state index contributed by atoms with van der Waals surface area (Å²) in [7, 11) is -3.22. The number of benzene rings is 1. The second-order valence-electron chi connectivity index (χ2n) is 5.09. The first-order chi connectivity index (χ1) is 10.7. The van der Waals surface area contributed by atoms with Gasteiger partial charge in [0.1, 0.15) is 5.82 Å². The molecule has 0 aliphatic carbocycles. The zero-order valence-corrected chi connectivity index (χ0v) is 14.2. The van der Waals surface area contributed by atoms with Crippen LogP contribution in [0.5, 0.6) is 5.75 Å². The van der Waals surface area contributed by atoms with E-state index in [0.717, 1.165) is 12.1 Å². The van der Waals surface area contributed by atoms with Gasteiger partial charge < -0.3 is 9.64 Å². The van der Waals surface area contributed by atoms with Gasteiger partial charge in [0.2, 0.25) is 0 Å². The average Bonchev–Trinajstić information content (AvgIpc) is 2.46. The van der Waals surface area contributed by atoms with E-state index in [1.165, 1.54) is 4.90 Å². The molecule has 0 heterocycles. The maximum absolute atomic E-state index is 13.4. The van der Waals surface area contributed by atoms with Gasteiger partial charge in [-0.2, -0.15) is 0 Å². The van der Waals surface area contributed by atoms with Crippen LogP contribution in [0.25, 0.3) is 0 Å². The summed E-state index contributed by atoms with van der Waals surface area (Å²) < 4.78 is 54.6. The molecule has 0 aromatic heterocycles. The number of sulfone groups is 1. The molecule has 5 nitrogen and oxygen atoms in total. The number of carbonyl (C=O) groups is 1. The van der Waals surface area contributed by atoms with Gasteiger partial charge in [-0.05, 0) is 26.0 Å². The molecule has 0 unspecified atom stereocenters. The molecule has 1 aromatic rings. The van der Waals surface area contributed by atoms with Gasteiger partial charge in [-0.3, -0.25) is 4.79 Å². The number of carbonyl (C=O) groups excluding carboxylic acids is 1. The van der Waals surface area contributed by atoms with Gasteiger partial charge >= 0.3 is 0 Å². The third-order valence-corrected chi connectivity index (χ3v) is 5.24. The molecule has 23 heavy (non-hydrogen) atoms. The Balaban J connectivity index is 2.70. The minimum absolute atomic E-state index is 0.000372. The number of hydrogen-bond acceptors (Lipinski definition) is 4. The summed E-state index contributed by atoms with van der Waals surface area (Å²) in [6, 6.07) is 2.27. The summed E-state index contributed by atoms with van der Waals surface area (Å²) in [5, 5.41) is 0. The minimum Gasteiger partial charge on any atom is -0.481 e. The van der Waals surface area contributed by atoms with Crippen molar-refractivity contribution in [3.8, 4) is 5.75 Å². The van der Waals surface area contributed by atoms with E-state index in [-0.39, 0.29) is 17.3 Å². The predicted molar refractivity (Wildman–Crippen MR) is 83.0 cm³/mol. The molecule has 8 heteroatoms. The van der Waals surface area contributed by atoms with Gasteiger partial charge in [-0.25, -0.2) is 17.2 Å². The lowest BCUT2D eigenvalue weighted by Crippen LogP contribution is -2.44. The molecule has 0 saturated heterocycles. The van der Waals surface area contributed by atoms with Gasteiger partial charge in [-0.15, -0.1) is 0 Å². The summed E-state index contributed by atoms with van der Waals surface area (Å²) in [5.74, 6) is -2.48. The SMILES string of the molecule is CCN(C(=O)COc1ccc(F)cc1F)[C@H](C)CS(=O)(=O)CC. The van der Waals surface area contributed by atoms with Crippen LogP contribution in [0, 0.1) is 11.6 Å². The van der Waals surface area contributed by atoms with Crippen molar-refractivity contribution >= 4 is 15.7 Å². The Morgan fingerprint density at radius 3 is 2.48 bits per heavy atom. The van der Waals surface area contributed by atoms with Crippen LogP contribution in [0.15, 0.2) is 18.2 Å². The zero-order chi connectivity index (χ0) is 17.6. The molecule has 0 N–H and O–H groups in total. The number of nitrogens with zero attached hydrogens (tertiary/aromatic N) is 1. The van der Waals surface area contributed by atoms with Gasteiger partial charge in [0.05, 0.1) is 5.75 Å². The third-order valence-electron chi connectivity index (χ3n) is 3.37. The number of rotatable bonds is 8. The fraction of sp³-hybridized carbons (Fsp3) is 0.533. The highest BCUT2D eigenvalue weighted by atomic mass is 32.2. The standard InChI is InChI=1S/C15H21F2NO4S/c1-4-18(11(3)10-23(20,21)5-2)15(19)9-22-14-7-6-12(16)8-13(14)17/h6-8,11H,4-5,9-10H2,1-3H3/t11-/m1/s1. The van der Waals surface area contributed by atoms with Crippen LogP contribution in [0.1, 0.15) is 20.8 Å². The lowest BCUT2D eigenvalue weighted by molar-refractivity contribution is -0.134. The van der Waals surface area contributed by atoms with E-state index in [2.05, 4.69) is 0 Å². The quantitative estimate of drug-likeness (QED) is 0.720. The Kier molecular flexibility index (Phi) is 6.93. The molecule has 0 bridgehead atoms. The molecule has 1 atom stereocenters. The average molecular weight is 349 g/mol. The smallest absolute Gasteiger partial charge is 0.260 e. The maximum Gasteiger partial charge on any atom is 0.260 e. The van der Waals surface area contributed by atoms with E-state index in [1.54, 1.807) is 20.8 Å². The van der Waals surface area contributed by atoms with Crippen molar-refractivity contribution in [1.29, 1.82) is 0 Å². The molecule has 0 aliphatic rings. The molecule has 0 aliphatic heterocycles. The molecule has 130 valence electrons. The number of hydrogen-bond donors (Lipinski definition) is 0. The topological polar surface area (TPSA) is 63.7 Å². The number of halogens is 2. The van der Waals surface area contributed by atoms with Crippen molar-refractivity contribution in [3.63, 3.8) is 0 Å². The fourth-order valence-electron chi connectivity index (χ4n) is 2.12. The van der Waals surface area contributed by atoms with Crippen LogP contribution < -0.4 is 4.74 Å². The van der Waals surface area contributed by atoms with Crippen molar-refractivity contribution in [1.82, 2.24) is 4.90 Å². The summed E-state index contributed by atoms with van der Waals surface area (Å²) in [5.41, 5.74) is 0. The highest BCUT2D eigenvalue weighted by Gasteiger charge is 2.23. The summed E-state index contributed by atoms with van der Waals surface area (Å²) in [6.45, 7) is 4.74. The molecule has 1 rings (SSSR count). The molecule has 0 saturated carbocycles. The normalized spacial score (nSPS) is 12.7. The van der Waals surface area contributed by atoms with Crippen molar-refractivity contribution in [3.05, 3.63) is 29.8 Å². The maximum atomic E-state index is 13.4. The zero-order valence-electron chi connectivity index (χ0n) is 13.4. The monoisotopic (exact) mass is 349 g/mol. The van der Waals surface area contributed by atoms with Gasteiger partial charge in [0, 0.05) is 24.4 Å². The summed E-state index contributed by atoms with van der Waals surface area (Å²) >= 11 is 0. The lowest BCUT2D eigenvalue weighted by Gasteiger charge is -2.27. The number of likely N-dealkylation sites (N-methyl/N-ethyl adjacent to an activating group) is 1. The molecule has 0 radical (unpaired) electrons. The van der Waals surface area contributed by atoms with E-state index in [9.17, 15) is 22.0 Å². The van der Waals surface area contributed by atoms with Crippen LogP contribution >= 0.6 is 0 Å². The Hall–Kier alpha value is -1.70. The highest BCUT2D eigenvalue weighted by Crippen LogP contribution is 2.17. The molecular weight excluding hydrogens is 328 g/mol. The van der Waals surface area contributed by atoms with Crippen LogP contribution in [0.4, 0.5) is 8.78 Å². The van der Waals surface area contributed by atoms with Crippen molar-refractivity contribution in [2.45, 2.75) is 26.8 Å². The van der Waals surface area contributed by atoms with Crippen molar-refractivity contribution in [2.24, 2.45) is 0 Å². The summed E-state index contributed by atoms with van der Waals surface area (Å²) in [4.78, 5) is 13.5. The molecule has 1 amide bonds. The Morgan fingerprint density at radius 2 is 1.96 bits per heavy atom. The summed E-state index contributed by atoms with van der Waals surface area (Å²) in [6.07, 6.45) is 0. The van der Waals surface area contributed by atoms with Crippen molar-refractivity contribution < 1.29 is 26.7 Å². The number of ether oxygens (including phenoxy) is 1. The predicted octanol–water partition coefficient (Wildman–Crippen LogP) is 2.02. The van der Waals surface area contributed by atoms with Crippen molar-refractivity contribution in [2.75, 3.05) is 24.7 Å². The fourth-order valence-corrected chi connectivity index (χ4v) is 3.27. The second kappa shape index (κ2) is 8.24. The number of amides is 1. The van der Waals surface area contributed by atoms with Gasteiger partial charge in [0.15, 0.2) is 28.0 Å². The lowest BCUT2D eigenvalue weighted by atomic mass is 10.3. The Bertz CT molecular complexity index is 649. The first-order valence-corrected chi connectivity index (χ1v) is 9.10. The van der Waals surface area contributed by atoms with E-state index in [4.69, 9.17) is 4.74 Å². The first kappa shape index (κ1) is 19.3. The van der Waals surface area contributed by atoms with Crippen LogP contribution in [0.2, 0.25) is 0 Å². The Labute approximate surface area is 135 Å². The van der Waals surface area contributed by atoms with E-state index < -0.39 is 40.0 Å².